The molecule has 2 atom stereocenters. The minimum Gasteiger partial charge on any atom is -0.391 e. The number of aliphatic hydroxyl groups excluding tert-OH is 1. The van der Waals surface area contributed by atoms with E-state index >= 15 is 0 Å². The quantitative estimate of drug-likeness (QED) is 0.831. The average molecular weight is 400 g/mol. The molecular formula is C22H26ClN3O2. The molecule has 1 aliphatic carbocycles. The number of aryl methyl sites for hydroxylation is 1. The van der Waals surface area contributed by atoms with Crippen LogP contribution >= 0.6 is 11.6 Å². The number of rotatable bonds is 3. The topological polar surface area (TPSA) is 69.8 Å². The maximum absolute atomic E-state index is 11.8. The van der Waals surface area contributed by atoms with Gasteiger partial charge in [0, 0.05) is 49.4 Å². The van der Waals surface area contributed by atoms with Crippen molar-refractivity contribution in [3.63, 3.8) is 0 Å². The van der Waals surface area contributed by atoms with Gasteiger partial charge in [0.05, 0.1) is 11.7 Å². The Balaban J connectivity index is 1.48. The van der Waals surface area contributed by atoms with E-state index in [4.69, 9.17) is 17.3 Å². The van der Waals surface area contributed by atoms with Crippen molar-refractivity contribution >= 4 is 23.2 Å². The number of amides is 1. The third kappa shape index (κ3) is 3.62. The molecule has 0 spiro atoms. The monoisotopic (exact) mass is 399 g/mol. The molecule has 1 aliphatic heterocycles. The highest BCUT2D eigenvalue weighted by atomic mass is 35.5. The Morgan fingerprint density at radius 1 is 1.14 bits per heavy atom. The van der Waals surface area contributed by atoms with Gasteiger partial charge < -0.3 is 15.7 Å². The van der Waals surface area contributed by atoms with Crippen LogP contribution in [0.15, 0.2) is 36.4 Å². The van der Waals surface area contributed by atoms with Crippen molar-refractivity contribution in [3.05, 3.63) is 63.7 Å². The summed E-state index contributed by atoms with van der Waals surface area (Å²) in [6, 6.07) is 11.8. The van der Waals surface area contributed by atoms with Crippen molar-refractivity contribution in [3.8, 4) is 0 Å². The van der Waals surface area contributed by atoms with Crippen LogP contribution in [0.25, 0.3) is 0 Å². The van der Waals surface area contributed by atoms with E-state index in [0.29, 0.717) is 17.0 Å². The largest absolute Gasteiger partial charge is 0.391 e. The summed E-state index contributed by atoms with van der Waals surface area (Å²) in [5, 5.41) is 11.3. The minimum absolute atomic E-state index is 0.136. The first-order valence-electron chi connectivity index (χ1n) is 9.78. The van der Waals surface area contributed by atoms with Crippen molar-refractivity contribution in [1.82, 2.24) is 4.90 Å². The van der Waals surface area contributed by atoms with Crippen LogP contribution in [0.1, 0.15) is 27.0 Å². The molecule has 0 radical (unpaired) electrons. The highest BCUT2D eigenvalue weighted by molar-refractivity contribution is 6.31. The van der Waals surface area contributed by atoms with E-state index in [9.17, 15) is 9.90 Å². The zero-order valence-corrected chi connectivity index (χ0v) is 16.8. The third-order valence-electron chi connectivity index (χ3n) is 6.14. The second-order valence-corrected chi connectivity index (χ2v) is 8.24. The van der Waals surface area contributed by atoms with Gasteiger partial charge in [-0.15, -0.1) is 0 Å². The van der Waals surface area contributed by atoms with Crippen LogP contribution in [0.5, 0.6) is 0 Å². The fraction of sp³-hybridized carbons (Fsp3) is 0.409. The van der Waals surface area contributed by atoms with Crippen molar-refractivity contribution in [1.29, 1.82) is 0 Å². The predicted octanol–water partition coefficient (Wildman–Crippen LogP) is 2.40. The van der Waals surface area contributed by atoms with Crippen LogP contribution in [0.2, 0.25) is 5.02 Å². The van der Waals surface area contributed by atoms with Crippen LogP contribution in [0, 0.1) is 6.92 Å². The molecule has 148 valence electrons. The lowest BCUT2D eigenvalue weighted by molar-refractivity contribution is 0.0394. The molecule has 1 amide bonds. The molecule has 1 heterocycles. The first kappa shape index (κ1) is 19.2. The Hall–Kier alpha value is -2.08. The van der Waals surface area contributed by atoms with Crippen LogP contribution in [-0.2, 0) is 12.8 Å². The molecule has 0 saturated carbocycles. The number of fused-ring (bicyclic) bond motifs is 1. The van der Waals surface area contributed by atoms with E-state index in [2.05, 4.69) is 34.9 Å². The number of benzene rings is 2. The molecular weight excluding hydrogens is 374 g/mol. The maximum atomic E-state index is 11.8. The standard InChI is InChI=1S/C22H26ClN3O2/c1-14-3-2-4-15-11-21(27)20(13-17(14)15)26-9-7-25(8-10-26)19-6-5-16(23)12-18(19)22(24)28/h2-6,12,20-21,27H,7-11,13H2,1H3,(H2,24,28). The van der Waals surface area contributed by atoms with Gasteiger partial charge >= 0.3 is 0 Å². The molecule has 0 aromatic heterocycles. The highest BCUT2D eigenvalue weighted by Crippen LogP contribution is 2.30. The number of carbonyl (C=O) groups is 1. The highest BCUT2D eigenvalue weighted by Gasteiger charge is 2.34. The fourth-order valence-corrected chi connectivity index (χ4v) is 4.77. The number of hydrogen-bond donors (Lipinski definition) is 2. The van der Waals surface area contributed by atoms with E-state index in [0.717, 1.165) is 38.3 Å². The Morgan fingerprint density at radius 2 is 1.89 bits per heavy atom. The molecule has 1 fully saturated rings. The molecule has 6 heteroatoms. The molecule has 5 nitrogen and oxygen atoms in total. The minimum atomic E-state index is -0.463. The molecule has 3 N–H and O–H groups in total. The molecule has 2 unspecified atom stereocenters. The molecule has 2 aliphatic rings. The summed E-state index contributed by atoms with van der Waals surface area (Å²) >= 11 is 6.03. The second-order valence-electron chi connectivity index (χ2n) is 7.80. The Labute approximate surface area is 170 Å². The van der Waals surface area contributed by atoms with Gasteiger partial charge in [0.1, 0.15) is 0 Å². The normalized spacial score (nSPS) is 22.8. The van der Waals surface area contributed by atoms with Crippen molar-refractivity contribution in [2.45, 2.75) is 31.9 Å². The average Bonchev–Trinajstić information content (AvgIpc) is 2.68. The smallest absolute Gasteiger partial charge is 0.250 e. The summed E-state index contributed by atoms with van der Waals surface area (Å²) in [5.74, 6) is -0.463. The lowest BCUT2D eigenvalue weighted by atomic mass is 9.83. The van der Waals surface area contributed by atoms with E-state index < -0.39 is 5.91 Å². The summed E-state index contributed by atoms with van der Waals surface area (Å²) in [7, 11) is 0. The van der Waals surface area contributed by atoms with Crippen LogP contribution in [-0.4, -0.2) is 54.2 Å². The summed E-state index contributed by atoms with van der Waals surface area (Å²) < 4.78 is 0. The van der Waals surface area contributed by atoms with E-state index in [-0.39, 0.29) is 12.1 Å². The number of nitrogens with zero attached hydrogens (tertiary/aromatic N) is 2. The van der Waals surface area contributed by atoms with E-state index in [1.54, 1.807) is 12.1 Å². The summed E-state index contributed by atoms with van der Waals surface area (Å²) in [6.07, 6.45) is 1.25. The van der Waals surface area contributed by atoms with Crippen LogP contribution < -0.4 is 10.6 Å². The zero-order valence-electron chi connectivity index (χ0n) is 16.1. The first-order valence-corrected chi connectivity index (χ1v) is 10.2. The molecule has 28 heavy (non-hydrogen) atoms. The van der Waals surface area contributed by atoms with Gasteiger partial charge in [-0.2, -0.15) is 0 Å². The number of halogens is 1. The van der Waals surface area contributed by atoms with Crippen LogP contribution in [0.3, 0.4) is 0 Å². The summed E-state index contributed by atoms with van der Waals surface area (Å²) in [6.45, 7) is 5.39. The van der Waals surface area contributed by atoms with Crippen LogP contribution in [0.4, 0.5) is 5.69 Å². The van der Waals surface area contributed by atoms with Crippen molar-refractivity contribution in [2.24, 2.45) is 5.73 Å². The lowest BCUT2D eigenvalue weighted by Crippen LogP contribution is -2.56. The Kier molecular flexibility index (Phi) is 5.32. The summed E-state index contributed by atoms with van der Waals surface area (Å²) in [5.41, 5.74) is 10.8. The van der Waals surface area contributed by atoms with Gasteiger partial charge in [0.15, 0.2) is 0 Å². The fourth-order valence-electron chi connectivity index (χ4n) is 4.60. The third-order valence-corrected chi connectivity index (χ3v) is 6.38. The Morgan fingerprint density at radius 3 is 2.61 bits per heavy atom. The van der Waals surface area contributed by atoms with E-state index in [1.165, 1.54) is 16.7 Å². The van der Waals surface area contributed by atoms with Gasteiger partial charge in [0.2, 0.25) is 0 Å². The lowest BCUT2D eigenvalue weighted by Gasteiger charge is -2.44. The molecule has 1 saturated heterocycles. The molecule has 2 aromatic carbocycles. The number of piperazine rings is 1. The predicted molar refractivity (Wildman–Crippen MR) is 112 cm³/mol. The number of carbonyl (C=O) groups excluding carboxylic acids is 1. The second kappa shape index (κ2) is 7.74. The molecule has 4 rings (SSSR count). The van der Waals surface area contributed by atoms with Gasteiger partial charge in [-0.1, -0.05) is 29.8 Å². The van der Waals surface area contributed by atoms with Crippen molar-refractivity contribution < 1.29 is 9.90 Å². The zero-order chi connectivity index (χ0) is 19.8. The van der Waals surface area contributed by atoms with Gasteiger partial charge in [0.25, 0.3) is 5.91 Å². The maximum Gasteiger partial charge on any atom is 0.250 e. The SMILES string of the molecule is Cc1cccc2c1CC(N1CCN(c3ccc(Cl)cc3C(N)=O)CC1)C(O)C2. The summed E-state index contributed by atoms with van der Waals surface area (Å²) in [4.78, 5) is 16.4. The first-order chi connectivity index (χ1) is 13.4. The number of aliphatic hydroxyl groups is 1. The van der Waals surface area contributed by atoms with Crippen molar-refractivity contribution in [2.75, 3.05) is 31.1 Å². The number of anilines is 1. The van der Waals surface area contributed by atoms with Gasteiger partial charge in [-0.3, -0.25) is 9.69 Å². The number of nitrogens with two attached hydrogens (primary N) is 1. The molecule has 2 aromatic rings. The van der Waals surface area contributed by atoms with Gasteiger partial charge in [-0.25, -0.2) is 0 Å². The number of primary amides is 1. The molecule has 0 bridgehead atoms. The van der Waals surface area contributed by atoms with Gasteiger partial charge in [-0.05, 0) is 48.2 Å². The van der Waals surface area contributed by atoms with E-state index in [1.807, 2.05) is 6.07 Å². The number of hydrogen-bond acceptors (Lipinski definition) is 4. The Bertz CT molecular complexity index is 893.